The van der Waals surface area contributed by atoms with Crippen molar-refractivity contribution in [1.29, 1.82) is 0 Å². The van der Waals surface area contributed by atoms with Gasteiger partial charge in [0.05, 0.1) is 11.6 Å². The van der Waals surface area contributed by atoms with Crippen molar-refractivity contribution in [2.75, 3.05) is 18.4 Å². The Hall–Kier alpha value is -2.64. The van der Waals surface area contributed by atoms with Crippen molar-refractivity contribution in [1.82, 2.24) is 10.2 Å². The van der Waals surface area contributed by atoms with Crippen LogP contribution in [0.3, 0.4) is 0 Å². The van der Waals surface area contributed by atoms with Gasteiger partial charge in [-0.3, -0.25) is 9.59 Å². The monoisotopic (exact) mass is 470 g/mol. The van der Waals surface area contributed by atoms with E-state index in [1.165, 1.54) is 31.4 Å². The van der Waals surface area contributed by atoms with E-state index in [1.54, 1.807) is 4.90 Å². The molecular weight excluding hydrogens is 435 g/mol. The van der Waals surface area contributed by atoms with Gasteiger partial charge in [0.15, 0.2) is 0 Å². The van der Waals surface area contributed by atoms with Crippen LogP contribution >= 0.6 is 0 Å². The van der Waals surface area contributed by atoms with Crippen molar-refractivity contribution in [3.63, 3.8) is 0 Å². The highest BCUT2D eigenvalue weighted by molar-refractivity contribution is 5.96. The van der Waals surface area contributed by atoms with Gasteiger partial charge in [-0.15, -0.1) is 0 Å². The summed E-state index contributed by atoms with van der Waals surface area (Å²) in [7, 11) is 0. The molecular formula is C26H35FN4O3. The molecule has 1 saturated heterocycles. The summed E-state index contributed by atoms with van der Waals surface area (Å²) in [5.41, 5.74) is 5.92. The molecule has 5 atom stereocenters. The molecule has 4 aliphatic carbocycles. The highest BCUT2D eigenvalue weighted by atomic mass is 19.1. The largest absolute Gasteiger partial charge is 0.369 e. The molecule has 0 radical (unpaired) electrons. The fraction of sp³-hybridized carbons (Fsp3) is 0.654. The lowest BCUT2D eigenvalue weighted by atomic mass is 9.43. The Balaban J connectivity index is 1.25. The third-order valence-electron chi connectivity index (χ3n) is 8.58. The summed E-state index contributed by atoms with van der Waals surface area (Å²) in [4.78, 5) is 38.8. The molecule has 8 heteroatoms. The molecule has 4 N–H and O–H groups in total. The van der Waals surface area contributed by atoms with Gasteiger partial charge in [0.25, 0.3) is 5.91 Å². The van der Waals surface area contributed by atoms with E-state index in [9.17, 15) is 18.8 Å². The number of nitrogens with two attached hydrogens (primary N) is 1. The van der Waals surface area contributed by atoms with Crippen molar-refractivity contribution in [3.8, 4) is 0 Å². The Labute approximate surface area is 200 Å². The molecule has 6 rings (SSSR count). The second kappa shape index (κ2) is 7.95. The number of carbonyl (C=O) groups is 3. The van der Waals surface area contributed by atoms with Crippen molar-refractivity contribution < 1.29 is 18.8 Å². The third-order valence-corrected chi connectivity index (χ3v) is 8.58. The molecule has 7 nitrogen and oxygen atoms in total. The Bertz CT molecular complexity index is 1020. The summed E-state index contributed by atoms with van der Waals surface area (Å²) in [6.07, 6.45) is 7.94. The van der Waals surface area contributed by atoms with Crippen LogP contribution in [0.15, 0.2) is 18.2 Å². The van der Waals surface area contributed by atoms with E-state index >= 15 is 0 Å². The Morgan fingerprint density at radius 3 is 2.41 bits per heavy atom. The van der Waals surface area contributed by atoms with E-state index in [0.717, 1.165) is 25.3 Å². The molecule has 34 heavy (non-hydrogen) atoms. The van der Waals surface area contributed by atoms with Crippen molar-refractivity contribution in [2.45, 2.75) is 70.8 Å². The van der Waals surface area contributed by atoms with Crippen LogP contribution in [-0.4, -0.2) is 41.4 Å². The number of carbonyl (C=O) groups excluding carboxylic acids is 3. The average Bonchev–Trinajstić information content (AvgIpc) is 2.71. The van der Waals surface area contributed by atoms with E-state index < -0.39 is 17.8 Å². The SMILES string of the molecule is C[C@]12CC3CC(NC(=O)Nc4ccc(C(=O)N5CCCC(C(N)=O)C5)cc4F)(C1)C[C@@](C)(C3)C2. The molecule has 3 unspecified atom stereocenters. The molecule has 4 saturated carbocycles. The molecule has 5 fully saturated rings. The van der Waals surface area contributed by atoms with Crippen LogP contribution < -0.4 is 16.4 Å². The van der Waals surface area contributed by atoms with Crippen molar-refractivity contribution in [2.24, 2.45) is 28.4 Å². The summed E-state index contributed by atoms with van der Waals surface area (Å²) < 4.78 is 14.9. The van der Waals surface area contributed by atoms with Crippen molar-refractivity contribution >= 4 is 23.5 Å². The van der Waals surface area contributed by atoms with Crippen LogP contribution in [0.25, 0.3) is 0 Å². The maximum atomic E-state index is 14.9. The van der Waals surface area contributed by atoms with Gasteiger partial charge < -0.3 is 21.3 Å². The number of urea groups is 1. The van der Waals surface area contributed by atoms with Gasteiger partial charge in [0.2, 0.25) is 5.91 Å². The van der Waals surface area contributed by atoms with Gasteiger partial charge in [0, 0.05) is 24.2 Å². The molecule has 184 valence electrons. The van der Waals surface area contributed by atoms with Gasteiger partial charge in [-0.2, -0.15) is 0 Å². The first-order valence-electron chi connectivity index (χ1n) is 12.4. The van der Waals surface area contributed by atoms with Crippen molar-refractivity contribution in [3.05, 3.63) is 29.6 Å². The fourth-order valence-corrected chi connectivity index (χ4v) is 8.31. The second-order valence-corrected chi connectivity index (χ2v) is 12.2. The molecule has 1 aromatic carbocycles. The maximum Gasteiger partial charge on any atom is 0.319 e. The Morgan fingerprint density at radius 2 is 1.79 bits per heavy atom. The minimum absolute atomic E-state index is 0.0462. The smallest absolute Gasteiger partial charge is 0.319 e. The number of nitrogens with one attached hydrogen (secondary N) is 2. The van der Waals surface area contributed by atoms with Crippen LogP contribution in [0.1, 0.15) is 75.6 Å². The summed E-state index contributed by atoms with van der Waals surface area (Å²) >= 11 is 0. The first kappa shape index (κ1) is 23.1. The molecule has 4 amide bonds. The summed E-state index contributed by atoms with van der Waals surface area (Å²) in [6, 6.07) is 3.70. The molecule has 1 aromatic rings. The van der Waals surface area contributed by atoms with E-state index in [0.29, 0.717) is 25.3 Å². The van der Waals surface area contributed by atoms with Crippen LogP contribution in [0.2, 0.25) is 0 Å². The molecule has 4 bridgehead atoms. The lowest BCUT2D eigenvalue weighted by molar-refractivity contribution is -0.123. The summed E-state index contributed by atoms with van der Waals surface area (Å²) in [5.74, 6) is -1.15. The van der Waals surface area contributed by atoms with Crippen LogP contribution in [0, 0.1) is 28.5 Å². The van der Waals surface area contributed by atoms with Gasteiger partial charge in [-0.25, -0.2) is 9.18 Å². The van der Waals surface area contributed by atoms with Crippen LogP contribution in [0.4, 0.5) is 14.9 Å². The van der Waals surface area contributed by atoms with Gasteiger partial charge in [0.1, 0.15) is 5.82 Å². The predicted molar refractivity (Wildman–Crippen MR) is 127 cm³/mol. The normalized spacial score (nSPS) is 36.3. The number of halogens is 1. The minimum Gasteiger partial charge on any atom is -0.369 e. The number of nitrogens with zero attached hydrogens (tertiary/aromatic N) is 1. The first-order chi connectivity index (χ1) is 16.0. The average molecular weight is 471 g/mol. The van der Waals surface area contributed by atoms with Crippen LogP contribution in [-0.2, 0) is 4.79 Å². The lowest BCUT2D eigenvalue weighted by Crippen LogP contribution is -2.65. The molecule has 1 heterocycles. The molecule has 1 aliphatic heterocycles. The maximum absolute atomic E-state index is 14.9. The second-order valence-electron chi connectivity index (χ2n) is 12.2. The summed E-state index contributed by atoms with van der Waals surface area (Å²) in [5, 5.41) is 5.89. The van der Waals surface area contributed by atoms with Gasteiger partial charge in [-0.1, -0.05) is 13.8 Å². The van der Waals surface area contributed by atoms with E-state index in [2.05, 4.69) is 24.5 Å². The zero-order valence-electron chi connectivity index (χ0n) is 20.1. The Kier molecular flexibility index (Phi) is 5.41. The van der Waals surface area contributed by atoms with E-state index in [1.807, 2.05) is 0 Å². The number of piperidine rings is 1. The highest BCUT2D eigenvalue weighted by Crippen LogP contribution is 2.66. The predicted octanol–water partition coefficient (Wildman–Crippen LogP) is 4.03. The van der Waals surface area contributed by atoms with E-state index in [4.69, 9.17) is 5.73 Å². The number of primary amides is 1. The number of amides is 4. The third kappa shape index (κ3) is 4.27. The van der Waals surface area contributed by atoms with Gasteiger partial charge in [-0.05, 0) is 86.3 Å². The number of anilines is 1. The first-order valence-corrected chi connectivity index (χ1v) is 12.4. The zero-order chi connectivity index (χ0) is 24.3. The lowest BCUT2D eigenvalue weighted by Gasteiger charge is -2.65. The fourth-order valence-electron chi connectivity index (χ4n) is 8.31. The van der Waals surface area contributed by atoms with Gasteiger partial charge >= 0.3 is 6.03 Å². The summed E-state index contributed by atoms with van der Waals surface area (Å²) in [6.45, 7) is 5.44. The highest BCUT2D eigenvalue weighted by Gasteiger charge is 2.60. The number of hydrogen-bond donors (Lipinski definition) is 3. The minimum atomic E-state index is -0.658. The molecule has 5 aliphatic rings. The number of likely N-dealkylation sites (tertiary alicyclic amines) is 1. The topological polar surface area (TPSA) is 105 Å². The zero-order valence-corrected chi connectivity index (χ0v) is 20.1. The van der Waals surface area contributed by atoms with Crippen LogP contribution in [0.5, 0.6) is 0 Å². The molecule has 0 aromatic heterocycles. The standard InChI is InChI=1S/C26H35FN4O3/c1-24-9-16-10-25(2,13-24)15-26(11-16,14-24)30-23(34)29-20-6-5-17(8-19(20)27)22(33)31-7-3-4-18(12-31)21(28)32/h5-6,8,16,18H,3-4,7,9-15H2,1-2H3,(H2,28,32)(H2,29,30,34)/t16?,18?,24-,25+,26?. The Morgan fingerprint density at radius 1 is 1.09 bits per heavy atom. The molecule has 0 spiro atoms. The number of benzene rings is 1. The number of hydrogen-bond acceptors (Lipinski definition) is 3. The number of rotatable bonds is 4. The van der Waals surface area contributed by atoms with E-state index in [-0.39, 0.29) is 46.0 Å². The quantitative estimate of drug-likeness (QED) is 0.619.